The van der Waals surface area contributed by atoms with Crippen molar-refractivity contribution in [3.05, 3.63) is 108 Å². The van der Waals surface area contributed by atoms with Gasteiger partial charge in [0.25, 0.3) is 0 Å². The van der Waals surface area contributed by atoms with Crippen LogP contribution >= 0.6 is 0 Å². The summed E-state index contributed by atoms with van der Waals surface area (Å²) in [6.07, 6.45) is -13.9. The van der Waals surface area contributed by atoms with Crippen molar-refractivity contribution >= 4 is 18.3 Å². The van der Waals surface area contributed by atoms with E-state index in [1.165, 1.54) is 0 Å². The van der Waals surface area contributed by atoms with Crippen molar-refractivity contribution in [1.82, 2.24) is 16.0 Å². The van der Waals surface area contributed by atoms with E-state index in [1.54, 1.807) is 36.4 Å². The molecule has 0 spiro atoms. The molecule has 1 aliphatic carbocycles. The predicted octanol–water partition coefficient (Wildman–Crippen LogP) is 0.637. The first-order valence-corrected chi connectivity index (χ1v) is 20.2. The Morgan fingerprint density at radius 2 is 1.13 bits per heavy atom. The molecule has 0 unspecified atom stereocenters. The van der Waals surface area contributed by atoms with Crippen LogP contribution in [0.4, 0.5) is 14.4 Å². The van der Waals surface area contributed by atoms with Crippen LogP contribution in [-0.2, 0) is 53.0 Å². The quantitative estimate of drug-likeness (QED) is 0.0949. The molecular formula is C42H55N5O14. The number of hydrogen-bond donors (Lipinski definition) is 9. The van der Waals surface area contributed by atoms with Crippen molar-refractivity contribution in [1.29, 1.82) is 0 Å². The van der Waals surface area contributed by atoms with Crippen molar-refractivity contribution in [2.24, 2.45) is 11.5 Å². The van der Waals surface area contributed by atoms with Gasteiger partial charge >= 0.3 is 18.3 Å². The molecule has 3 aromatic carbocycles. The van der Waals surface area contributed by atoms with Gasteiger partial charge in [-0.15, -0.1) is 0 Å². The number of aliphatic hydroxyl groups is 4. The van der Waals surface area contributed by atoms with Crippen molar-refractivity contribution in [3.8, 4) is 0 Å². The smallest absolute Gasteiger partial charge is 0.407 e. The number of nitrogens with one attached hydrogen (secondary N) is 3. The van der Waals surface area contributed by atoms with Crippen molar-refractivity contribution in [2.45, 2.75) is 119 Å². The molecule has 61 heavy (non-hydrogen) atoms. The molecule has 6 rings (SSSR count). The van der Waals surface area contributed by atoms with Crippen LogP contribution in [0.25, 0.3) is 0 Å². The SMILES string of the molecule is N[C@@H]1[C@@H](O)[C@@H](CO)O[C@H](O[C@H]2[C@H](O)[C@@H](O[C@@H]3O[C@H](CNC(=O)OCc4ccccc4)CC[C@H]3NC(=O)OCc3ccccc3)[C@H](NC(=O)OCc3ccccc3)C[C@@H]2N)[C@@H]1O. The van der Waals surface area contributed by atoms with Gasteiger partial charge in [-0.05, 0) is 36.0 Å². The summed E-state index contributed by atoms with van der Waals surface area (Å²) >= 11 is 0. The molecule has 3 aromatic rings. The van der Waals surface area contributed by atoms with Crippen LogP contribution in [0.3, 0.4) is 0 Å². The number of aliphatic hydroxyl groups excluding tert-OH is 4. The zero-order chi connectivity index (χ0) is 43.3. The molecular weight excluding hydrogens is 798 g/mol. The minimum absolute atomic E-state index is 0.00891. The van der Waals surface area contributed by atoms with Crippen LogP contribution in [0.5, 0.6) is 0 Å². The van der Waals surface area contributed by atoms with E-state index >= 15 is 0 Å². The van der Waals surface area contributed by atoms with Gasteiger partial charge in [-0.25, -0.2) is 14.4 Å². The lowest BCUT2D eigenvalue weighted by atomic mass is 9.83. The summed E-state index contributed by atoms with van der Waals surface area (Å²) in [7, 11) is 0. The van der Waals surface area contributed by atoms with Gasteiger partial charge in [-0.1, -0.05) is 91.0 Å². The molecule has 2 aliphatic heterocycles. The maximum Gasteiger partial charge on any atom is 0.407 e. The number of carbonyl (C=O) groups excluding carboxylic acids is 3. The highest BCUT2D eigenvalue weighted by Gasteiger charge is 2.51. The fourth-order valence-corrected chi connectivity index (χ4v) is 7.35. The molecule has 3 amide bonds. The number of ether oxygens (including phenoxy) is 7. The third kappa shape index (κ3) is 12.8. The number of nitrogens with two attached hydrogens (primary N) is 2. The zero-order valence-corrected chi connectivity index (χ0v) is 33.3. The predicted molar refractivity (Wildman–Crippen MR) is 214 cm³/mol. The first kappa shape index (κ1) is 45.6. The van der Waals surface area contributed by atoms with E-state index in [0.29, 0.717) is 6.42 Å². The number of rotatable bonds is 15. The van der Waals surface area contributed by atoms with Crippen molar-refractivity contribution < 1.29 is 68.0 Å². The molecule has 13 atom stereocenters. The molecule has 2 heterocycles. The maximum atomic E-state index is 13.2. The fourth-order valence-electron chi connectivity index (χ4n) is 7.35. The van der Waals surface area contributed by atoms with Gasteiger partial charge in [0, 0.05) is 12.6 Å². The normalized spacial score (nSPS) is 31.3. The number of amides is 3. The Hall–Kier alpha value is -4.93. The lowest BCUT2D eigenvalue weighted by molar-refractivity contribution is -0.313. The van der Waals surface area contributed by atoms with Gasteiger partial charge < -0.3 is 81.0 Å². The van der Waals surface area contributed by atoms with E-state index in [1.807, 2.05) is 54.6 Å². The summed E-state index contributed by atoms with van der Waals surface area (Å²) in [6, 6.07) is 23.0. The van der Waals surface area contributed by atoms with E-state index in [4.69, 9.17) is 44.6 Å². The van der Waals surface area contributed by atoms with Crippen LogP contribution in [-0.4, -0.2) is 131 Å². The van der Waals surface area contributed by atoms with Gasteiger partial charge in [-0.3, -0.25) is 0 Å². The van der Waals surface area contributed by atoms with E-state index in [2.05, 4.69) is 16.0 Å². The van der Waals surface area contributed by atoms with Gasteiger partial charge in [0.05, 0.1) is 30.8 Å². The van der Waals surface area contributed by atoms with E-state index in [9.17, 15) is 34.8 Å². The summed E-state index contributed by atoms with van der Waals surface area (Å²) in [5, 5.41) is 51.3. The molecule has 3 aliphatic rings. The second-order valence-corrected chi connectivity index (χ2v) is 15.1. The summed E-state index contributed by atoms with van der Waals surface area (Å²) in [5.74, 6) is 0. The van der Waals surface area contributed by atoms with Crippen LogP contribution in [0, 0.1) is 0 Å². The molecule has 332 valence electrons. The summed E-state index contributed by atoms with van der Waals surface area (Å²) in [6.45, 7) is -0.696. The van der Waals surface area contributed by atoms with Gasteiger partial charge in [0.15, 0.2) is 12.6 Å². The second kappa shape index (κ2) is 22.2. The number of benzene rings is 3. The largest absolute Gasteiger partial charge is 0.445 e. The Balaban J connectivity index is 1.19. The number of hydrogen-bond acceptors (Lipinski definition) is 16. The highest BCUT2D eigenvalue weighted by atomic mass is 16.7. The third-order valence-corrected chi connectivity index (χ3v) is 10.7. The molecule has 2 saturated heterocycles. The molecule has 0 aromatic heterocycles. The average molecular weight is 854 g/mol. The first-order chi connectivity index (χ1) is 29.5. The van der Waals surface area contributed by atoms with Crippen LogP contribution in [0.1, 0.15) is 36.0 Å². The minimum Gasteiger partial charge on any atom is -0.445 e. The zero-order valence-electron chi connectivity index (χ0n) is 33.3. The molecule has 11 N–H and O–H groups in total. The maximum absolute atomic E-state index is 13.2. The second-order valence-electron chi connectivity index (χ2n) is 15.1. The van der Waals surface area contributed by atoms with E-state index in [-0.39, 0.29) is 39.2 Å². The highest BCUT2D eigenvalue weighted by molar-refractivity contribution is 5.68. The van der Waals surface area contributed by atoms with Crippen molar-refractivity contribution in [2.75, 3.05) is 13.2 Å². The van der Waals surface area contributed by atoms with Crippen LogP contribution < -0.4 is 27.4 Å². The van der Waals surface area contributed by atoms with Crippen LogP contribution in [0.2, 0.25) is 0 Å². The lowest BCUT2D eigenvalue weighted by Crippen LogP contribution is -2.68. The molecule has 19 heteroatoms. The fraction of sp³-hybridized carbons (Fsp3) is 0.500. The Bertz CT molecular complexity index is 1820. The Kier molecular flexibility index (Phi) is 16.6. The van der Waals surface area contributed by atoms with E-state index in [0.717, 1.165) is 16.7 Å². The highest BCUT2D eigenvalue weighted by Crippen LogP contribution is 2.32. The Morgan fingerprint density at radius 1 is 0.623 bits per heavy atom. The topological polar surface area (TPSA) is 285 Å². The third-order valence-electron chi connectivity index (χ3n) is 10.7. The average Bonchev–Trinajstić information content (AvgIpc) is 3.27. The van der Waals surface area contributed by atoms with Gasteiger partial charge in [-0.2, -0.15) is 0 Å². The summed E-state index contributed by atoms with van der Waals surface area (Å²) in [4.78, 5) is 39.1. The minimum atomic E-state index is -1.67. The molecule has 3 fully saturated rings. The monoisotopic (exact) mass is 853 g/mol. The number of carbonyl (C=O) groups is 3. The Labute approximate surface area is 352 Å². The molecule has 0 radical (unpaired) electrons. The first-order valence-electron chi connectivity index (χ1n) is 20.2. The molecule has 0 bridgehead atoms. The Morgan fingerprint density at radius 3 is 1.67 bits per heavy atom. The molecule has 19 nitrogen and oxygen atoms in total. The standard InChI is InChI=1S/C42H55N5O14/c43-28-18-30(47-42(54)57-23-26-14-8-3-9-15-26)37(35(51)36(28)60-39-34(50)32(44)33(49)31(20-48)59-39)61-38-29(46-41(53)56-22-25-12-6-2-7-13-25)17-16-27(58-38)19-45-40(52)55-21-24-10-4-1-5-11-24/h1-15,27-39,48-51H,16-23,43-44H2,(H,45,52)(H,46,53)(H,47,54)/t27-,28-,29+,30+,31+,32+,33-,34+,35-,36+,37-,38-,39+/m0/s1. The summed E-state index contributed by atoms with van der Waals surface area (Å²) in [5.41, 5.74) is 14.8. The van der Waals surface area contributed by atoms with Crippen LogP contribution in [0.15, 0.2) is 91.0 Å². The van der Waals surface area contributed by atoms with E-state index < -0.39 is 104 Å². The number of alkyl carbamates (subject to hydrolysis) is 3. The van der Waals surface area contributed by atoms with Gasteiger partial charge in [0.2, 0.25) is 0 Å². The summed E-state index contributed by atoms with van der Waals surface area (Å²) < 4.78 is 40.8. The van der Waals surface area contributed by atoms with Gasteiger partial charge in [0.1, 0.15) is 56.4 Å². The lowest BCUT2D eigenvalue weighted by Gasteiger charge is -2.48. The van der Waals surface area contributed by atoms with Crippen molar-refractivity contribution in [3.63, 3.8) is 0 Å². The molecule has 1 saturated carbocycles.